The minimum absolute atomic E-state index is 0.0641. The third-order valence-corrected chi connectivity index (χ3v) is 3.83. The molecule has 0 fully saturated rings. The van der Waals surface area contributed by atoms with E-state index < -0.39 is 0 Å². The summed E-state index contributed by atoms with van der Waals surface area (Å²) in [5.74, 6) is -0.0641. The van der Waals surface area contributed by atoms with Gasteiger partial charge in [0.25, 0.3) is 0 Å². The van der Waals surface area contributed by atoms with Crippen molar-refractivity contribution in [1.82, 2.24) is 0 Å². The quantitative estimate of drug-likeness (QED) is 0.827. The van der Waals surface area contributed by atoms with Gasteiger partial charge in [0.2, 0.25) is 5.91 Å². The second-order valence-electron chi connectivity index (χ2n) is 5.13. The van der Waals surface area contributed by atoms with Gasteiger partial charge in [-0.1, -0.05) is 34.1 Å². The Labute approximate surface area is 133 Å². The molecule has 0 saturated carbocycles. The van der Waals surface area contributed by atoms with Crippen molar-refractivity contribution in [2.45, 2.75) is 26.8 Å². The molecule has 0 radical (unpaired) electrons. The molecule has 2 N–H and O–H groups in total. The fraction of sp³-hybridized carbons (Fsp3) is 0.235. The van der Waals surface area contributed by atoms with Crippen LogP contribution in [0.25, 0.3) is 0 Å². The van der Waals surface area contributed by atoms with Crippen LogP contribution in [0.3, 0.4) is 0 Å². The number of rotatable bonds is 4. The first kappa shape index (κ1) is 15.6. The number of nitrogens with one attached hydrogen (secondary N) is 2. The van der Waals surface area contributed by atoms with Crippen molar-refractivity contribution >= 4 is 33.2 Å². The summed E-state index contributed by atoms with van der Waals surface area (Å²) in [6.07, 6.45) is 0. The van der Waals surface area contributed by atoms with Crippen LogP contribution < -0.4 is 10.6 Å². The number of aryl methyl sites for hydroxylation is 1. The highest BCUT2D eigenvalue weighted by Gasteiger charge is 2.08. The number of anilines is 2. The number of carbonyl (C=O) groups is 1. The predicted octanol–water partition coefficient (Wildman–Crippen LogP) is 4.89. The number of amides is 1. The van der Waals surface area contributed by atoms with Gasteiger partial charge in [-0.2, -0.15) is 0 Å². The molecule has 0 bridgehead atoms. The molecule has 110 valence electrons. The van der Waals surface area contributed by atoms with Gasteiger partial charge in [0, 0.05) is 28.8 Å². The zero-order valence-electron chi connectivity index (χ0n) is 12.4. The summed E-state index contributed by atoms with van der Waals surface area (Å²) >= 11 is 3.44. The van der Waals surface area contributed by atoms with Gasteiger partial charge < -0.3 is 10.6 Å². The zero-order chi connectivity index (χ0) is 15.4. The molecule has 2 aromatic rings. The lowest BCUT2D eigenvalue weighted by Crippen LogP contribution is -2.09. The molecule has 0 saturated heterocycles. The highest BCUT2D eigenvalue weighted by molar-refractivity contribution is 9.10. The first-order valence-electron chi connectivity index (χ1n) is 6.86. The summed E-state index contributed by atoms with van der Waals surface area (Å²) in [6, 6.07) is 14.3. The van der Waals surface area contributed by atoms with Crippen LogP contribution in [-0.2, 0) is 4.79 Å². The molecule has 0 aliphatic rings. The van der Waals surface area contributed by atoms with Crippen LogP contribution in [0, 0.1) is 6.92 Å². The van der Waals surface area contributed by atoms with Crippen LogP contribution in [0.15, 0.2) is 46.9 Å². The number of hydrogen-bond acceptors (Lipinski definition) is 2. The Morgan fingerprint density at radius 1 is 1.14 bits per heavy atom. The SMILES string of the molecule is CC(=O)Nc1ccc(C)c(NC(C)c2ccc(Br)cc2)c1. The first-order chi connectivity index (χ1) is 9.95. The van der Waals surface area contributed by atoms with Gasteiger partial charge in [0.05, 0.1) is 0 Å². The molecule has 0 spiro atoms. The minimum atomic E-state index is -0.0641. The third kappa shape index (κ3) is 4.33. The van der Waals surface area contributed by atoms with Gasteiger partial charge in [-0.25, -0.2) is 0 Å². The average Bonchev–Trinajstić information content (AvgIpc) is 2.42. The van der Waals surface area contributed by atoms with Crippen LogP contribution in [0.1, 0.15) is 31.0 Å². The standard InChI is InChI=1S/C17H19BrN2O/c1-11-4-9-16(20-13(3)21)10-17(11)19-12(2)14-5-7-15(18)8-6-14/h4-10,12,19H,1-3H3,(H,20,21). The lowest BCUT2D eigenvalue weighted by atomic mass is 10.1. The molecule has 2 aromatic carbocycles. The smallest absolute Gasteiger partial charge is 0.221 e. The summed E-state index contributed by atoms with van der Waals surface area (Å²) in [7, 11) is 0. The Bertz CT molecular complexity index is 638. The molecule has 1 unspecified atom stereocenters. The van der Waals surface area contributed by atoms with Gasteiger partial charge in [-0.15, -0.1) is 0 Å². The number of halogens is 1. The van der Waals surface area contributed by atoms with Gasteiger partial charge >= 0.3 is 0 Å². The predicted molar refractivity (Wildman–Crippen MR) is 91.7 cm³/mol. The molecule has 0 heterocycles. The van der Waals surface area contributed by atoms with E-state index in [2.05, 4.69) is 45.6 Å². The second-order valence-corrected chi connectivity index (χ2v) is 6.04. The fourth-order valence-electron chi connectivity index (χ4n) is 2.13. The Kier molecular flexibility index (Phi) is 5.02. The highest BCUT2D eigenvalue weighted by Crippen LogP contribution is 2.26. The first-order valence-corrected chi connectivity index (χ1v) is 7.65. The maximum absolute atomic E-state index is 11.1. The Hall–Kier alpha value is -1.81. The molecular weight excluding hydrogens is 328 g/mol. The Balaban J connectivity index is 2.17. The number of carbonyl (C=O) groups excluding carboxylic acids is 1. The monoisotopic (exact) mass is 346 g/mol. The summed E-state index contributed by atoms with van der Waals surface area (Å²) < 4.78 is 1.07. The maximum atomic E-state index is 11.1. The normalized spacial score (nSPS) is 11.8. The van der Waals surface area contributed by atoms with Crippen LogP contribution in [0.2, 0.25) is 0 Å². The minimum Gasteiger partial charge on any atom is -0.378 e. The molecule has 2 rings (SSSR count). The third-order valence-electron chi connectivity index (χ3n) is 3.30. The molecular formula is C17H19BrN2O. The fourth-order valence-corrected chi connectivity index (χ4v) is 2.39. The van der Waals surface area contributed by atoms with Crippen molar-refractivity contribution in [1.29, 1.82) is 0 Å². The van der Waals surface area contributed by atoms with E-state index >= 15 is 0 Å². The Morgan fingerprint density at radius 3 is 2.43 bits per heavy atom. The van der Waals surface area contributed by atoms with Crippen LogP contribution >= 0.6 is 15.9 Å². The summed E-state index contributed by atoms with van der Waals surface area (Å²) in [4.78, 5) is 11.1. The summed E-state index contributed by atoms with van der Waals surface area (Å²) in [5.41, 5.74) is 4.19. The van der Waals surface area contributed by atoms with Crippen LogP contribution in [0.4, 0.5) is 11.4 Å². The van der Waals surface area contributed by atoms with E-state index in [1.807, 2.05) is 37.3 Å². The van der Waals surface area contributed by atoms with E-state index in [1.54, 1.807) is 0 Å². The van der Waals surface area contributed by atoms with Crippen molar-refractivity contribution in [2.75, 3.05) is 10.6 Å². The largest absolute Gasteiger partial charge is 0.378 e. The van der Waals surface area contributed by atoms with Crippen molar-refractivity contribution in [3.05, 3.63) is 58.1 Å². The van der Waals surface area contributed by atoms with E-state index in [0.29, 0.717) is 0 Å². The lowest BCUT2D eigenvalue weighted by molar-refractivity contribution is -0.114. The lowest BCUT2D eigenvalue weighted by Gasteiger charge is -2.18. The van der Waals surface area contributed by atoms with Gasteiger partial charge in [-0.3, -0.25) is 4.79 Å². The van der Waals surface area contributed by atoms with Crippen LogP contribution in [0.5, 0.6) is 0 Å². The van der Waals surface area contributed by atoms with Crippen molar-refractivity contribution in [2.24, 2.45) is 0 Å². The van der Waals surface area contributed by atoms with Crippen molar-refractivity contribution < 1.29 is 4.79 Å². The van der Waals surface area contributed by atoms with Crippen molar-refractivity contribution in [3.8, 4) is 0 Å². The molecule has 3 nitrogen and oxygen atoms in total. The van der Waals surface area contributed by atoms with Gasteiger partial charge in [0.15, 0.2) is 0 Å². The Morgan fingerprint density at radius 2 is 1.81 bits per heavy atom. The number of hydrogen-bond donors (Lipinski definition) is 2. The van der Waals surface area contributed by atoms with Crippen molar-refractivity contribution in [3.63, 3.8) is 0 Å². The van der Waals surface area contributed by atoms with E-state index in [9.17, 15) is 4.79 Å². The molecule has 0 aliphatic carbocycles. The van der Waals surface area contributed by atoms with E-state index in [4.69, 9.17) is 0 Å². The van der Waals surface area contributed by atoms with E-state index in [-0.39, 0.29) is 11.9 Å². The van der Waals surface area contributed by atoms with Gasteiger partial charge in [-0.05, 0) is 49.2 Å². The van der Waals surface area contributed by atoms with E-state index in [0.717, 1.165) is 21.4 Å². The average molecular weight is 347 g/mol. The maximum Gasteiger partial charge on any atom is 0.221 e. The zero-order valence-corrected chi connectivity index (χ0v) is 14.0. The summed E-state index contributed by atoms with van der Waals surface area (Å²) in [5, 5.41) is 6.30. The molecule has 0 aliphatic heterocycles. The number of benzene rings is 2. The highest BCUT2D eigenvalue weighted by atomic mass is 79.9. The van der Waals surface area contributed by atoms with Gasteiger partial charge in [0.1, 0.15) is 0 Å². The molecule has 4 heteroatoms. The van der Waals surface area contributed by atoms with E-state index in [1.165, 1.54) is 12.5 Å². The molecule has 1 atom stereocenters. The molecule has 21 heavy (non-hydrogen) atoms. The second kappa shape index (κ2) is 6.76. The summed E-state index contributed by atoms with van der Waals surface area (Å²) in [6.45, 7) is 5.68. The molecule has 0 aromatic heterocycles. The molecule has 1 amide bonds. The topological polar surface area (TPSA) is 41.1 Å². The van der Waals surface area contributed by atoms with Crippen LogP contribution in [-0.4, -0.2) is 5.91 Å².